The van der Waals surface area contributed by atoms with E-state index in [0.29, 0.717) is 6.42 Å². The number of rotatable bonds is 3. The second kappa shape index (κ2) is 4.81. The van der Waals surface area contributed by atoms with Crippen LogP contribution in [0.5, 0.6) is 0 Å². The minimum Gasteiger partial charge on any atom is -0.322 e. The van der Waals surface area contributed by atoms with Gasteiger partial charge in [-0.2, -0.15) is 0 Å². The minimum absolute atomic E-state index is 0.232. The first kappa shape index (κ1) is 10.7. The van der Waals surface area contributed by atoms with E-state index in [2.05, 4.69) is 9.97 Å². The Kier molecular flexibility index (Phi) is 3.22. The molecule has 0 aliphatic carbocycles. The van der Waals surface area contributed by atoms with Gasteiger partial charge in [0.25, 0.3) is 0 Å². The highest BCUT2D eigenvalue weighted by Crippen LogP contribution is 2.13. The van der Waals surface area contributed by atoms with Gasteiger partial charge >= 0.3 is 0 Å². The molecule has 0 saturated heterocycles. The molecule has 0 saturated carbocycles. The summed E-state index contributed by atoms with van der Waals surface area (Å²) in [6.45, 7) is 0. The van der Waals surface area contributed by atoms with Crippen LogP contribution >= 0.6 is 0 Å². The lowest BCUT2D eigenvalue weighted by Gasteiger charge is -2.10. The maximum absolute atomic E-state index is 13.0. The zero-order chi connectivity index (χ0) is 11.4. The number of nitrogens with two attached hydrogens (primary N) is 1. The monoisotopic (exact) mass is 217 g/mol. The molecule has 1 heterocycles. The van der Waals surface area contributed by atoms with Gasteiger partial charge in [-0.1, -0.05) is 12.1 Å². The van der Waals surface area contributed by atoms with Crippen LogP contribution in [0.25, 0.3) is 0 Å². The van der Waals surface area contributed by atoms with Crippen LogP contribution in [-0.4, -0.2) is 9.97 Å². The summed E-state index contributed by atoms with van der Waals surface area (Å²) in [7, 11) is 0. The molecule has 2 N–H and O–H groups in total. The molecule has 4 heteroatoms. The first-order valence-corrected chi connectivity index (χ1v) is 5.01. The minimum atomic E-state index is -0.243. The van der Waals surface area contributed by atoms with Crippen molar-refractivity contribution in [2.45, 2.75) is 12.5 Å². The fourth-order valence-corrected chi connectivity index (χ4v) is 1.54. The van der Waals surface area contributed by atoms with E-state index in [4.69, 9.17) is 5.73 Å². The van der Waals surface area contributed by atoms with E-state index in [0.717, 1.165) is 11.3 Å². The van der Waals surface area contributed by atoms with Crippen LogP contribution in [0.4, 0.5) is 4.39 Å². The van der Waals surface area contributed by atoms with E-state index in [1.165, 1.54) is 18.5 Å². The average Bonchev–Trinajstić information content (AvgIpc) is 2.30. The van der Waals surface area contributed by atoms with Crippen LogP contribution < -0.4 is 5.73 Å². The number of halogens is 1. The van der Waals surface area contributed by atoms with Crippen molar-refractivity contribution >= 4 is 0 Å². The molecule has 0 radical (unpaired) electrons. The topological polar surface area (TPSA) is 51.8 Å². The smallest absolute Gasteiger partial charge is 0.123 e. The molecule has 0 aliphatic heterocycles. The van der Waals surface area contributed by atoms with Crippen molar-refractivity contribution in [2.24, 2.45) is 5.73 Å². The highest BCUT2D eigenvalue weighted by atomic mass is 19.1. The highest BCUT2D eigenvalue weighted by Gasteiger charge is 2.08. The number of hydrogen-bond acceptors (Lipinski definition) is 3. The quantitative estimate of drug-likeness (QED) is 0.853. The molecule has 2 rings (SSSR count). The van der Waals surface area contributed by atoms with Crippen molar-refractivity contribution in [1.82, 2.24) is 9.97 Å². The summed E-state index contributed by atoms with van der Waals surface area (Å²) in [5.74, 6) is -0.243. The lowest BCUT2D eigenvalue weighted by Crippen LogP contribution is -2.14. The van der Waals surface area contributed by atoms with Crippen LogP contribution in [0.3, 0.4) is 0 Å². The Balaban J connectivity index is 2.11. The third-order valence-corrected chi connectivity index (χ3v) is 2.33. The van der Waals surface area contributed by atoms with Gasteiger partial charge in [-0.15, -0.1) is 0 Å². The van der Waals surface area contributed by atoms with Gasteiger partial charge in [-0.05, 0) is 30.2 Å². The molecule has 3 nitrogen and oxygen atoms in total. The molecule has 0 bridgehead atoms. The molecule has 82 valence electrons. The van der Waals surface area contributed by atoms with Gasteiger partial charge in [0.15, 0.2) is 0 Å². The van der Waals surface area contributed by atoms with Crippen molar-refractivity contribution in [3.05, 3.63) is 59.9 Å². The Hall–Kier alpha value is -1.81. The third kappa shape index (κ3) is 2.61. The molecule has 0 spiro atoms. The number of benzene rings is 1. The molecule has 2 aromatic rings. The van der Waals surface area contributed by atoms with Gasteiger partial charge in [-0.3, -0.25) is 0 Å². The summed E-state index contributed by atoms with van der Waals surface area (Å²) in [6, 6.07) is 7.97. The summed E-state index contributed by atoms with van der Waals surface area (Å²) in [6.07, 6.45) is 3.67. The summed E-state index contributed by atoms with van der Waals surface area (Å²) >= 11 is 0. The second-order valence-electron chi connectivity index (χ2n) is 3.57. The van der Waals surface area contributed by atoms with Crippen molar-refractivity contribution in [2.75, 3.05) is 0 Å². The number of nitrogens with zero attached hydrogens (tertiary/aromatic N) is 2. The standard InChI is InChI=1S/C12H12FN3/c13-10-3-1-2-9(6-10)7-11(14)12-4-5-15-8-16-12/h1-6,8,11H,7,14H2. The van der Waals surface area contributed by atoms with Crippen molar-refractivity contribution in [3.63, 3.8) is 0 Å². The normalized spacial score (nSPS) is 12.4. The van der Waals surface area contributed by atoms with E-state index >= 15 is 0 Å². The van der Waals surface area contributed by atoms with E-state index in [1.807, 2.05) is 6.07 Å². The predicted octanol–water partition coefficient (Wildman–Crippen LogP) is 1.86. The van der Waals surface area contributed by atoms with Crippen LogP contribution in [-0.2, 0) is 6.42 Å². The molecule has 16 heavy (non-hydrogen) atoms. The Morgan fingerprint density at radius 1 is 1.31 bits per heavy atom. The van der Waals surface area contributed by atoms with E-state index in [-0.39, 0.29) is 11.9 Å². The van der Waals surface area contributed by atoms with Crippen LogP contribution in [0, 0.1) is 5.82 Å². The summed E-state index contributed by atoms with van der Waals surface area (Å²) in [5.41, 5.74) is 7.59. The van der Waals surface area contributed by atoms with Gasteiger partial charge in [0.2, 0.25) is 0 Å². The van der Waals surface area contributed by atoms with Crippen LogP contribution in [0.2, 0.25) is 0 Å². The Labute approximate surface area is 93.2 Å². The Bertz CT molecular complexity index is 459. The predicted molar refractivity (Wildman–Crippen MR) is 59.1 cm³/mol. The SMILES string of the molecule is NC(Cc1cccc(F)c1)c1ccncn1. The van der Waals surface area contributed by atoms with Gasteiger partial charge in [0, 0.05) is 6.20 Å². The number of aromatic nitrogens is 2. The summed E-state index contributed by atoms with van der Waals surface area (Å²) < 4.78 is 13.0. The molecule has 1 atom stereocenters. The van der Waals surface area contributed by atoms with Gasteiger partial charge < -0.3 is 5.73 Å². The molecule has 1 unspecified atom stereocenters. The molecule has 1 aromatic carbocycles. The number of hydrogen-bond donors (Lipinski definition) is 1. The van der Waals surface area contributed by atoms with Crippen molar-refractivity contribution < 1.29 is 4.39 Å². The van der Waals surface area contributed by atoms with E-state index in [1.54, 1.807) is 18.3 Å². The van der Waals surface area contributed by atoms with Gasteiger partial charge in [0.1, 0.15) is 12.1 Å². The first-order valence-electron chi connectivity index (χ1n) is 5.01. The van der Waals surface area contributed by atoms with Crippen molar-refractivity contribution in [3.8, 4) is 0 Å². The zero-order valence-corrected chi connectivity index (χ0v) is 8.68. The lowest BCUT2D eigenvalue weighted by atomic mass is 10.0. The molecule has 0 amide bonds. The largest absolute Gasteiger partial charge is 0.322 e. The van der Waals surface area contributed by atoms with E-state index in [9.17, 15) is 4.39 Å². The van der Waals surface area contributed by atoms with Crippen molar-refractivity contribution in [1.29, 1.82) is 0 Å². The molecule has 0 fully saturated rings. The molecule has 1 aromatic heterocycles. The average molecular weight is 217 g/mol. The van der Waals surface area contributed by atoms with Crippen LogP contribution in [0.1, 0.15) is 17.3 Å². The fourth-order valence-electron chi connectivity index (χ4n) is 1.54. The lowest BCUT2D eigenvalue weighted by molar-refractivity contribution is 0.620. The molecule has 0 aliphatic rings. The second-order valence-corrected chi connectivity index (χ2v) is 3.57. The maximum Gasteiger partial charge on any atom is 0.123 e. The van der Waals surface area contributed by atoms with E-state index < -0.39 is 0 Å². The Morgan fingerprint density at radius 2 is 2.19 bits per heavy atom. The summed E-state index contributed by atoms with van der Waals surface area (Å²) in [5, 5.41) is 0. The van der Waals surface area contributed by atoms with Gasteiger partial charge in [-0.25, -0.2) is 14.4 Å². The maximum atomic E-state index is 13.0. The Morgan fingerprint density at radius 3 is 2.88 bits per heavy atom. The summed E-state index contributed by atoms with van der Waals surface area (Å²) in [4.78, 5) is 7.89. The zero-order valence-electron chi connectivity index (χ0n) is 8.68. The molecular formula is C12H12FN3. The first-order chi connectivity index (χ1) is 7.75. The highest BCUT2D eigenvalue weighted by molar-refractivity contribution is 5.19. The fraction of sp³-hybridized carbons (Fsp3) is 0.167. The third-order valence-electron chi connectivity index (χ3n) is 2.33. The van der Waals surface area contributed by atoms with Crippen LogP contribution in [0.15, 0.2) is 42.9 Å². The van der Waals surface area contributed by atoms with Gasteiger partial charge in [0.05, 0.1) is 11.7 Å². The molecular weight excluding hydrogens is 205 g/mol.